The van der Waals surface area contributed by atoms with Crippen molar-refractivity contribution in [3.8, 4) is 0 Å². The summed E-state index contributed by atoms with van der Waals surface area (Å²) in [7, 11) is 1.44. The SMILES string of the molecule is COC(=O)c1ccc(NC(=O)NC(C)(c2ccc(CCC(C)(C)C)c(Cl)c2)C(C(C)C)C(O[Si]C(C)(C)C)(c2ccccc2)c2ccccc2)nc1. The molecule has 9 heteroatoms. The fourth-order valence-corrected chi connectivity index (χ4v) is 7.96. The number of amides is 2. The molecule has 2 atom stereocenters. The number of ether oxygens (including phenoxy) is 1. The lowest BCUT2D eigenvalue weighted by atomic mass is 9.61. The third kappa shape index (κ3) is 9.91. The number of aromatic nitrogens is 1. The number of carbonyl (C=O) groups is 2. The smallest absolute Gasteiger partial charge is 0.339 e. The molecule has 276 valence electrons. The number of benzene rings is 3. The largest absolute Gasteiger partial charge is 0.465 e. The zero-order valence-electron chi connectivity index (χ0n) is 32.3. The Kier molecular flexibility index (Phi) is 13.2. The zero-order chi connectivity index (χ0) is 38.3. The molecule has 1 heterocycles. The summed E-state index contributed by atoms with van der Waals surface area (Å²) in [5, 5.41) is 6.84. The number of nitrogens with one attached hydrogen (secondary N) is 2. The number of carbonyl (C=O) groups excluding carboxylic acids is 2. The van der Waals surface area contributed by atoms with Gasteiger partial charge in [-0.05, 0) is 76.6 Å². The van der Waals surface area contributed by atoms with Gasteiger partial charge in [0.05, 0.1) is 18.2 Å². The highest BCUT2D eigenvalue weighted by Gasteiger charge is 2.55. The average Bonchev–Trinajstić information content (AvgIpc) is 3.09. The van der Waals surface area contributed by atoms with Crippen LogP contribution < -0.4 is 10.6 Å². The molecule has 0 spiro atoms. The van der Waals surface area contributed by atoms with Crippen molar-refractivity contribution < 1.29 is 18.8 Å². The molecule has 0 bridgehead atoms. The second-order valence-electron chi connectivity index (χ2n) is 16.2. The number of pyridine rings is 1. The topological polar surface area (TPSA) is 89.5 Å². The van der Waals surface area contributed by atoms with Crippen molar-refractivity contribution in [2.24, 2.45) is 17.3 Å². The van der Waals surface area contributed by atoms with Gasteiger partial charge in [-0.3, -0.25) is 5.32 Å². The lowest BCUT2D eigenvalue weighted by molar-refractivity contribution is -0.0293. The molecule has 2 amide bonds. The fraction of sp³-hybridized carbons (Fsp3) is 0.419. The number of halogens is 1. The lowest BCUT2D eigenvalue weighted by Gasteiger charge is -2.53. The molecule has 52 heavy (non-hydrogen) atoms. The van der Waals surface area contributed by atoms with Crippen LogP contribution in [0, 0.1) is 17.3 Å². The van der Waals surface area contributed by atoms with Crippen LogP contribution in [0.2, 0.25) is 10.1 Å². The van der Waals surface area contributed by atoms with Crippen LogP contribution in [-0.2, 0) is 26.7 Å². The molecule has 0 aliphatic carbocycles. The average molecular weight is 740 g/mol. The molecule has 0 aliphatic heterocycles. The van der Waals surface area contributed by atoms with Gasteiger partial charge < -0.3 is 14.5 Å². The minimum Gasteiger partial charge on any atom is -0.465 e. The molecule has 2 N–H and O–H groups in total. The molecule has 1 aromatic heterocycles. The second-order valence-corrected chi connectivity index (χ2v) is 18.5. The van der Waals surface area contributed by atoms with E-state index < -0.39 is 23.1 Å². The highest BCUT2D eigenvalue weighted by Crippen LogP contribution is 2.53. The van der Waals surface area contributed by atoms with Crippen LogP contribution in [0.3, 0.4) is 0 Å². The van der Waals surface area contributed by atoms with Gasteiger partial charge in [-0.15, -0.1) is 0 Å². The zero-order valence-corrected chi connectivity index (χ0v) is 34.0. The lowest BCUT2D eigenvalue weighted by Crippen LogP contribution is -2.60. The first-order chi connectivity index (χ1) is 24.4. The van der Waals surface area contributed by atoms with Gasteiger partial charge in [-0.25, -0.2) is 14.6 Å². The number of aryl methyl sites for hydroxylation is 1. The van der Waals surface area contributed by atoms with E-state index in [1.54, 1.807) is 12.1 Å². The van der Waals surface area contributed by atoms with Crippen LogP contribution in [-0.4, -0.2) is 33.9 Å². The van der Waals surface area contributed by atoms with E-state index in [4.69, 9.17) is 20.8 Å². The molecule has 0 aliphatic rings. The van der Waals surface area contributed by atoms with Gasteiger partial charge in [0, 0.05) is 17.1 Å². The minimum absolute atomic E-state index is 0.0349. The highest BCUT2D eigenvalue weighted by molar-refractivity contribution is 6.32. The summed E-state index contributed by atoms with van der Waals surface area (Å²) in [5.41, 5.74) is 2.23. The van der Waals surface area contributed by atoms with Gasteiger partial charge in [0.1, 0.15) is 11.4 Å². The molecule has 2 radical (unpaired) electrons. The maximum Gasteiger partial charge on any atom is 0.339 e. The quantitative estimate of drug-likeness (QED) is 0.105. The van der Waals surface area contributed by atoms with Crippen LogP contribution in [0.25, 0.3) is 0 Å². The van der Waals surface area contributed by atoms with E-state index in [-0.39, 0.29) is 43.4 Å². The summed E-state index contributed by atoms with van der Waals surface area (Å²) in [5.74, 6) is -0.636. The van der Waals surface area contributed by atoms with Crippen LogP contribution in [0.1, 0.15) is 101 Å². The summed E-state index contributed by atoms with van der Waals surface area (Å²) in [6.45, 7) is 19.6. The Hall–Kier alpha value is -3.98. The number of methoxy groups -OCH3 is 1. The van der Waals surface area contributed by atoms with E-state index in [1.807, 2.05) is 42.5 Å². The van der Waals surface area contributed by atoms with Crippen molar-refractivity contribution in [1.82, 2.24) is 10.3 Å². The molecule has 2 unspecified atom stereocenters. The fourth-order valence-electron chi connectivity index (χ4n) is 6.86. The third-order valence-corrected chi connectivity index (χ3v) is 10.6. The van der Waals surface area contributed by atoms with E-state index in [0.717, 1.165) is 35.1 Å². The predicted octanol–water partition coefficient (Wildman–Crippen LogP) is 10.6. The van der Waals surface area contributed by atoms with Crippen molar-refractivity contribution >= 4 is 39.2 Å². The number of esters is 1. The van der Waals surface area contributed by atoms with Crippen molar-refractivity contribution in [3.05, 3.63) is 130 Å². The Morgan fingerprint density at radius 3 is 1.88 bits per heavy atom. The van der Waals surface area contributed by atoms with Gasteiger partial charge in [0.15, 0.2) is 0 Å². The number of rotatable bonds is 13. The van der Waals surface area contributed by atoms with Crippen molar-refractivity contribution in [2.45, 2.75) is 91.3 Å². The third-order valence-electron chi connectivity index (χ3n) is 9.25. The van der Waals surface area contributed by atoms with Crippen molar-refractivity contribution in [1.29, 1.82) is 0 Å². The molecule has 7 nitrogen and oxygen atoms in total. The number of nitrogens with zero attached hydrogens (tertiary/aromatic N) is 1. The molecular formula is C43H54ClN3O4Si. The van der Waals surface area contributed by atoms with Gasteiger partial charge in [-0.2, -0.15) is 0 Å². The van der Waals surface area contributed by atoms with Crippen LogP contribution in [0.5, 0.6) is 0 Å². The van der Waals surface area contributed by atoms with Crippen molar-refractivity contribution in [2.75, 3.05) is 12.4 Å². The number of hydrogen-bond donors (Lipinski definition) is 2. The summed E-state index contributed by atoms with van der Waals surface area (Å²) in [6.07, 6.45) is 3.19. The number of anilines is 1. The van der Waals surface area contributed by atoms with E-state index in [9.17, 15) is 9.59 Å². The van der Waals surface area contributed by atoms with Gasteiger partial charge >= 0.3 is 12.0 Å². The maximum absolute atomic E-state index is 14.3. The molecule has 4 aromatic rings. The second kappa shape index (κ2) is 16.8. The Bertz CT molecular complexity index is 1750. The Morgan fingerprint density at radius 1 is 0.827 bits per heavy atom. The molecular weight excluding hydrogens is 686 g/mol. The van der Waals surface area contributed by atoms with Gasteiger partial charge in [0.25, 0.3) is 0 Å². The number of hydrogen-bond acceptors (Lipinski definition) is 5. The first-order valence-corrected chi connectivity index (χ1v) is 19.2. The molecule has 0 saturated heterocycles. The number of urea groups is 1. The molecule has 0 saturated carbocycles. The highest BCUT2D eigenvalue weighted by atomic mass is 35.5. The Labute approximate surface area is 318 Å². The molecule has 0 fully saturated rings. The van der Waals surface area contributed by atoms with Gasteiger partial charge in [0.2, 0.25) is 9.76 Å². The van der Waals surface area contributed by atoms with Crippen LogP contribution in [0.4, 0.5) is 10.6 Å². The van der Waals surface area contributed by atoms with E-state index in [2.05, 4.69) is 114 Å². The summed E-state index contributed by atoms with van der Waals surface area (Å²) >= 11 is 7.13. The molecule has 3 aromatic carbocycles. The predicted molar refractivity (Wildman–Crippen MR) is 213 cm³/mol. The maximum atomic E-state index is 14.3. The first-order valence-electron chi connectivity index (χ1n) is 17.9. The summed E-state index contributed by atoms with van der Waals surface area (Å²) in [4.78, 5) is 30.6. The van der Waals surface area contributed by atoms with E-state index in [0.29, 0.717) is 5.02 Å². The summed E-state index contributed by atoms with van der Waals surface area (Å²) < 4.78 is 12.2. The molecule has 4 rings (SSSR count). The standard InChI is InChI=1S/C43H54ClN3O4Si/c1-29(2)37(43(51-52-41(6,7)8,32-17-13-11-14-18-32)33-19-15-12-16-20-33)42(9,34-23-21-30(35(44)27-34)25-26-40(3,4)5)47-39(49)46-36-24-22-31(28-45-36)38(48)50-10/h11-24,27-29,37H,25-26H2,1-10H3,(H2,45,46,47,49). The van der Waals surface area contributed by atoms with Crippen LogP contribution in [0.15, 0.2) is 97.2 Å². The first kappa shape index (κ1) is 40.8. The Morgan fingerprint density at radius 2 is 1.42 bits per heavy atom. The normalized spacial score (nSPS) is 14.0. The van der Waals surface area contributed by atoms with E-state index in [1.165, 1.54) is 13.3 Å². The van der Waals surface area contributed by atoms with Crippen molar-refractivity contribution in [3.63, 3.8) is 0 Å². The monoisotopic (exact) mass is 739 g/mol. The van der Waals surface area contributed by atoms with E-state index >= 15 is 0 Å². The Balaban J connectivity index is 1.96. The summed E-state index contributed by atoms with van der Waals surface area (Å²) in [6, 6.07) is 29.5. The van der Waals surface area contributed by atoms with Gasteiger partial charge in [-0.1, -0.05) is 140 Å². The van der Waals surface area contributed by atoms with Crippen LogP contribution >= 0.6 is 11.6 Å². The minimum atomic E-state index is -1.07.